The molecule has 0 atom stereocenters. The third kappa shape index (κ3) is 2.69. The van der Waals surface area contributed by atoms with E-state index in [1.807, 2.05) is 12.1 Å². The second-order valence-corrected chi connectivity index (χ2v) is 10.4. The van der Waals surface area contributed by atoms with Crippen molar-refractivity contribution in [1.29, 1.82) is 0 Å². The van der Waals surface area contributed by atoms with Crippen molar-refractivity contribution in [1.82, 2.24) is 0 Å². The molecule has 16 heavy (non-hydrogen) atoms. The SMILES string of the molecule is CC(C)(C)[Si](C)(C)Oc1ccc(N)cc1N. The summed E-state index contributed by atoms with van der Waals surface area (Å²) < 4.78 is 6.11. The lowest BCUT2D eigenvalue weighted by Crippen LogP contribution is -2.44. The molecule has 1 aromatic rings. The van der Waals surface area contributed by atoms with Gasteiger partial charge in [-0.3, -0.25) is 0 Å². The molecule has 4 N–H and O–H groups in total. The molecule has 4 heteroatoms. The fourth-order valence-corrected chi connectivity index (χ4v) is 2.13. The van der Waals surface area contributed by atoms with Crippen molar-refractivity contribution in [2.45, 2.75) is 38.9 Å². The topological polar surface area (TPSA) is 61.3 Å². The first-order valence-corrected chi connectivity index (χ1v) is 8.38. The minimum atomic E-state index is -1.82. The Bertz CT molecular complexity index is 383. The van der Waals surface area contributed by atoms with E-state index in [4.69, 9.17) is 15.9 Å². The van der Waals surface area contributed by atoms with Gasteiger partial charge in [-0.25, -0.2) is 0 Å². The normalized spacial score (nSPS) is 12.6. The summed E-state index contributed by atoms with van der Waals surface area (Å²) in [5.41, 5.74) is 12.8. The van der Waals surface area contributed by atoms with E-state index in [2.05, 4.69) is 33.9 Å². The number of nitrogen functional groups attached to an aromatic ring is 2. The Labute approximate surface area is 98.9 Å². The molecule has 0 fully saturated rings. The van der Waals surface area contributed by atoms with Gasteiger partial charge in [-0.2, -0.15) is 0 Å². The van der Waals surface area contributed by atoms with Crippen LogP contribution in [0.5, 0.6) is 5.75 Å². The lowest BCUT2D eigenvalue weighted by molar-refractivity contribution is 0.494. The van der Waals surface area contributed by atoms with Gasteiger partial charge in [0.15, 0.2) is 0 Å². The summed E-state index contributed by atoms with van der Waals surface area (Å²) in [7, 11) is -1.82. The summed E-state index contributed by atoms with van der Waals surface area (Å²) in [5.74, 6) is 0.751. The zero-order valence-corrected chi connectivity index (χ0v) is 11.8. The second kappa shape index (κ2) is 4.01. The van der Waals surface area contributed by atoms with E-state index < -0.39 is 8.32 Å². The first kappa shape index (κ1) is 12.9. The van der Waals surface area contributed by atoms with Crippen LogP contribution >= 0.6 is 0 Å². The average Bonchev–Trinajstić information content (AvgIpc) is 2.08. The Morgan fingerprint density at radius 1 is 1.12 bits per heavy atom. The van der Waals surface area contributed by atoms with Gasteiger partial charge >= 0.3 is 0 Å². The van der Waals surface area contributed by atoms with E-state index in [0.717, 1.165) is 5.75 Å². The van der Waals surface area contributed by atoms with Gasteiger partial charge in [-0.15, -0.1) is 0 Å². The largest absolute Gasteiger partial charge is 0.542 e. The zero-order chi connectivity index (χ0) is 12.6. The average molecular weight is 238 g/mol. The number of hydrogen-bond acceptors (Lipinski definition) is 3. The highest BCUT2D eigenvalue weighted by Crippen LogP contribution is 2.38. The van der Waals surface area contributed by atoms with Crippen LogP contribution in [-0.2, 0) is 0 Å². The summed E-state index contributed by atoms with van der Waals surface area (Å²) >= 11 is 0. The van der Waals surface area contributed by atoms with Crippen molar-refractivity contribution in [2.24, 2.45) is 0 Å². The fourth-order valence-electron chi connectivity index (χ4n) is 1.09. The van der Waals surface area contributed by atoms with E-state index in [9.17, 15) is 0 Å². The van der Waals surface area contributed by atoms with Crippen molar-refractivity contribution >= 4 is 19.7 Å². The van der Waals surface area contributed by atoms with Crippen LogP contribution in [0.15, 0.2) is 18.2 Å². The Morgan fingerprint density at radius 2 is 1.69 bits per heavy atom. The van der Waals surface area contributed by atoms with Crippen LogP contribution in [0.4, 0.5) is 11.4 Å². The van der Waals surface area contributed by atoms with Crippen molar-refractivity contribution in [2.75, 3.05) is 11.5 Å². The summed E-state index contributed by atoms with van der Waals surface area (Å²) in [5, 5.41) is 0.167. The molecule has 1 aromatic carbocycles. The minimum absolute atomic E-state index is 0.167. The third-order valence-corrected chi connectivity index (χ3v) is 7.55. The molecule has 0 saturated carbocycles. The number of hydrogen-bond donors (Lipinski definition) is 2. The highest BCUT2D eigenvalue weighted by molar-refractivity contribution is 6.74. The van der Waals surface area contributed by atoms with Gasteiger partial charge in [0, 0.05) is 5.69 Å². The maximum absolute atomic E-state index is 6.11. The summed E-state index contributed by atoms with van der Waals surface area (Å²) in [4.78, 5) is 0. The lowest BCUT2D eigenvalue weighted by Gasteiger charge is -2.36. The third-order valence-electron chi connectivity index (χ3n) is 3.21. The molecule has 0 saturated heterocycles. The molecule has 90 valence electrons. The molecule has 1 rings (SSSR count). The molecule has 0 spiro atoms. The molecular weight excluding hydrogens is 216 g/mol. The molecule has 0 aliphatic heterocycles. The maximum Gasteiger partial charge on any atom is 0.250 e. The molecule has 0 aliphatic rings. The predicted molar refractivity (Wildman–Crippen MR) is 73.1 cm³/mol. The van der Waals surface area contributed by atoms with Gasteiger partial charge in [0.05, 0.1) is 5.69 Å². The zero-order valence-electron chi connectivity index (χ0n) is 10.8. The van der Waals surface area contributed by atoms with E-state index in [0.29, 0.717) is 11.4 Å². The summed E-state index contributed by atoms with van der Waals surface area (Å²) in [6, 6.07) is 5.41. The monoisotopic (exact) mass is 238 g/mol. The van der Waals surface area contributed by atoms with Gasteiger partial charge in [0.25, 0.3) is 8.32 Å². The van der Waals surface area contributed by atoms with Crippen molar-refractivity contribution in [3.63, 3.8) is 0 Å². The van der Waals surface area contributed by atoms with Crippen LogP contribution in [0, 0.1) is 0 Å². The Kier molecular flexibility index (Phi) is 3.24. The van der Waals surface area contributed by atoms with Crippen LogP contribution < -0.4 is 15.9 Å². The molecule has 0 heterocycles. The Balaban J connectivity index is 2.97. The number of benzene rings is 1. The molecule has 0 aliphatic carbocycles. The molecular formula is C12H22N2OSi. The van der Waals surface area contributed by atoms with Crippen LogP contribution in [0.1, 0.15) is 20.8 Å². The van der Waals surface area contributed by atoms with Crippen LogP contribution in [-0.4, -0.2) is 8.32 Å². The summed E-state index contributed by atoms with van der Waals surface area (Å²) in [6.45, 7) is 11.0. The van der Waals surface area contributed by atoms with Crippen LogP contribution in [0.3, 0.4) is 0 Å². The molecule has 0 unspecified atom stereocenters. The fraction of sp³-hybridized carbons (Fsp3) is 0.500. The first-order chi connectivity index (χ1) is 7.13. The quantitative estimate of drug-likeness (QED) is 0.614. The lowest BCUT2D eigenvalue weighted by atomic mass is 10.2. The maximum atomic E-state index is 6.11. The van der Waals surface area contributed by atoms with E-state index in [-0.39, 0.29) is 5.04 Å². The minimum Gasteiger partial charge on any atom is -0.542 e. The van der Waals surface area contributed by atoms with E-state index in [1.54, 1.807) is 6.07 Å². The number of anilines is 2. The van der Waals surface area contributed by atoms with Gasteiger partial charge in [-0.1, -0.05) is 20.8 Å². The van der Waals surface area contributed by atoms with Crippen molar-refractivity contribution < 1.29 is 4.43 Å². The second-order valence-electron chi connectivity index (χ2n) is 5.66. The van der Waals surface area contributed by atoms with Gasteiger partial charge < -0.3 is 15.9 Å². The molecule has 0 radical (unpaired) electrons. The molecule has 0 amide bonds. The van der Waals surface area contributed by atoms with Crippen LogP contribution in [0.2, 0.25) is 18.1 Å². The number of rotatable bonds is 2. The van der Waals surface area contributed by atoms with Crippen molar-refractivity contribution in [3.8, 4) is 5.75 Å². The van der Waals surface area contributed by atoms with Gasteiger partial charge in [0.1, 0.15) is 5.75 Å². The Hall–Kier alpha value is -1.16. The van der Waals surface area contributed by atoms with E-state index in [1.165, 1.54) is 0 Å². The van der Waals surface area contributed by atoms with Crippen LogP contribution in [0.25, 0.3) is 0 Å². The first-order valence-electron chi connectivity index (χ1n) is 5.47. The standard InChI is InChI=1S/C12H22N2OSi/c1-12(2,3)16(4,5)15-11-7-6-9(13)8-10(11)14/h6-8H,13-14H2,1-5H3. The molecule has 0 aromatic heterocycles. The van der Waals surface area contributed by atoms with Gasteiger partial charge in [0.2, 0.25) is 0 Å². The van der Waals surface area contributed by atoms with Crippen molar-refractivity contribution in [3.05, 3.63) is 18.2 Å². The highest BCUT2D eigenvalue weighted by atomic mass is 28.4. The highest BCUT2D eigenvalue weighted by Gasteiger charge is 2.39. The smallest absolute Gasteiger partial charge is 0.250 e. The predicted octanol–water partition coefficient (Wildman–Crippen LogP) is 3.24. The summed E-state index contributed by atoms with van der Waals surface area (Å²) in [6.07, 6.45) is 0. The number of nitrogens with two attached hydrogens (primary N) is 2. The molecule has 0 bridgehead atoms. The molecule has 3 nitrogen and oxygen atoms in total. The Morgan fingerprint density at radius 3 is 2.12 bits per heavy atom. The van der Waals surface area contributed by atoms with E-state index >= 15 is 0 Å². The van der Waals surface area contributed by atoms with Gasteiger partial charge in [-0.05, 0) is 36.3 Å².